The Morgan fingerprint density at radius 2 is 0.553 bits per heavy atom. The number of esters is 1. The van der Waals surface area contributed by atoms with E-state index in [-0.39, 0.29) is 18.5 Å². The van der Waals surface area contributed by atoms with Crippen molar-refractivity contribution >= 4 is 11.9 Å². The van der Waals surface area contributed by atoms with Gasteiger partial charge in [-0.15, -0.1) is 0 Å². The minimum Gasteiger partial charge on any atom is -0.466 e. The number of aliphatic hydroxyl groups is 2. The van der Waals surface area contributed by atoms with Gasteiger partial charge in [-0.1, -0.05) is 371 Å². The predicted molar refractivity (Wildman–Crippen MR) is 375 cm³/mol. The number of rotatable bonds is 73. The first-order valence-corrected chi connectivity index (χ1v) is 38.8. The lowest BCUT2D eigenvalue weighted by Gasteiger charge is -2.20. The van der Waals surface area contributed by atoms with Gasteiger partial charge in [-0.3, -0.25) is 9.59 Å². The van der Waals surface area contributed by atoms with Crippen molar-refractivity contribution in [3.63, 3.8) is 0 Å². The molecular weight excluding hydrogens is 1040 g/mol. The molecular formula is C79H151NO5. The van der Waals surface area contributed by atoms with Crippen LogP contribution in [-0.2, 0) is 14.3 Å². The fraction of sp³-hybridized carbons (Fsp3) is 0.899. The van der Waals surface area contributed by atoms with Gasteiger partial charge in [-0.2, -0.15) is 0 Å². The quantitative estimate of drug-likeness (QED) is 0.0320. The summed E-state index contributed by atoms with van der Waals surface area (Å²) in [5.74, 6) is -0.0510. The molecule has 3 N–H and O–H groups in total. The minimum atomic E-state index is -0.848. The fourth-order valence-electron chi connectivity index (χ4n) is 12.2. The number of nitrogens with one attached hydrogen (secondary N) is 1. The number of amides is 1. The van der Waals surface area contributed by atoms with Crippen LogP contribution in [0.25, 0.3) is 0 Å². The summed E-state index contributed by atoms with van der Waals surface area (Å²) in [6.07, 6.45) is 96.8. The second-order valence-corrected chi connectivity index (χ2v) is 26.7. The van der Waals surface area contributed by atoms with Gasteiger partial charge in [0, 0.05) is 12.8 Å². The molecule has 1 amide bonds. The molecule has 0 saturated carbocycles. The first-order chi connectivity index (χ1) is 42.0. The van der Waals surface area contributed by atoms with Crippen molar-refractivity contribution in [2.75, 3.05) is 13.2 Å². The maximum absolute atomic E-state index is 12.5. The van der Waals surface area contributed by atoms with E-state index in [1.165, 1.54) is 360 Å². The van der Waals surface area contributed by atoms with E-state index in [0.29, 0.717) is 19.4 Å². The number of carbonyl (C=O) groups is 2. The number of ether oxygens (including phenoxy) is 1. The van der Waals surface area contributed by atoms with Crippen molar-refractivity contribution in [2.45, 2.75) is 443 Å². The Morgan fingerprint density at radius 1 is 0.318 bits per heavy atom. The first kappa shape index (κ1) is 83.1. The molecule has 2 atom stereocenters. The maximum Gasteiger partial charge on any atom is 0.305 e. The Balaban J connectivity index is 3.40. The molecule has 0 aromatic rings. The van der Waals surface area contributed by atoms with Crippen LogP contribution in [-0.4, -0.2) is 47.4 Å². The van der Waals surface area contributed by atoms with Crippen LogP contribution in [0, 0.1) is 0 Å². The number of aliphatic hydroxyl groups excluding tert-OH is 2. The van der Waals surface area contributed by atoms with Crippen molar-refractivity contribution in [1.29, 1.82) is 0 Å². The molecule has 0 heterocycles. The van der Waals surface area contributed by atoms with Crippen LogP contribution >= 0.6 is 0 Å². The summed E-state index contributed by atoms with van der Waals surface area (Å²) in [5.41, 5.74) is 0. The minimum absolute atomic E-state index is 0.0144. The average molecular weight is 1200 g/mol. The van der Waals surface area contributed by atoms with E-state index < -0.39 is 12.1 Å². The monoisotopic (exact) mass is 1190 g/mol. The van der Waals surface area contributed by atoms with Gasteiger partial charge < -0.3 is 20.3 Å². The van der Waals surface area contributed by atoms with Crippen LogP contribution < -0.4 is 5.32 Å². The van der Waals surface area contributed by atoms with E-state index in [9.17, 15) is 19.8 Å². The molecule has 0 spiro atoms. The lowest BCUT2D eigenvalue weighted by atomic mass is 10.0. The normalized spacial score (nSPS) is 12.7. The molecule has 6 nitrogen and oxygen atoms in total. The lowest BCUT2D eigenvalue weighted by Crippen LogP contribution is -2.45. The van der Waals surface area contributed by atoms with E-state index in [1.54, 1.807) is 6.08 Å². The smallest absolute Gasteiger partial charge is 0.305 e. The van der Waals surface area contributed by atoms with Crippen molar-refractivity contribution in [1.82, 2.24) is 5.32 Å². The number of hydrogen-bond acceptors (Lipinski definition) is 5. The van der Waals surface area contributed by atoms with Gasteiger partial charge in [-0.05, 0) is 83.5 Å². The van der Waals surface area contributed by atoms with Gasteiger partial charge >= 0.3 is 5.97 Å². The standard InChI is InChI=1S/C79H151NO5/c1-3-5-7-9-11-13-15-17-19-21-23-24-29-32-36-39-43-47-51-55-59-63-67-71-77(82)76(75-81)80-78(83)72-68-64-60-56-52-48-44-40-37-33-30-27-25-26-28-31-34-38-42-46-50-54-58-62-66-70-74-85-79(84)73-69-65-61-57-53-49-45-41-35-22-20-18-16-14-12-10-8-6-4-2/h18,20,25,27,67,71,76-77,81-82H,3-17,19,21-24,26,28-66,68-70,72-75H2,1-2H3,(H,80,83)/b20-18-,27-25-,71-67+. The number of carbonyl (C=O) groups excluding carboxylic acids is 2. The second-order valence-electron chi connectivity index (χ2n) is 26.7. The summed E-state index contributed by atoms with van der Waals surface area (Å²) in [6.45, 7) is 4.94. The predicted octanol–water partition coefficient (Wildman–Crippen LogP) is 25.4. The molecule has 0 aliphatic rings. The summed E-state index contributed by atoms with van der Waals surface area (Å²) < 4.78 is 5.51. The van der Waals surface area contributed by atoms with E-state index in [1.807, 2.05) is 6.08 Å². The molecule has 0 rings (SSSR count). The highest BCUT2D eigenvalue weighted by atomic mass is 16.5. The van der Waals surface area contributed by atoms with Crippen LogP contribution in [0.1, 0.15) is 431 Å². The summed E-state index contributed by atoms with van der Waals surface area (Å²) >= 11 is 0. The van der Waals surface area contributed by atoms with Gasteiger partial charge in [-0.25, -0.2) is 0 Å². The maximum atomic E-state index is 12.5. The van der Waals surface area contributed by atoms with E-state index >= 15 is 0 Å². The van der Waals surface area contributed by atoms with Crippen LogP contribution in [0.3, 0.4) is 0 Å². The Hall–Kier alpha value is -1.92. The zero-order chi connectivity index (χ0) is 61.3. The summed E-state index contributed by atoms with van der Waals surface area (Å²) in [5, 5.41) is 23.3. The van der Waals surface area contributed by atoms with Gasteiger partial charge in [0.15, 0.2) is 0 Å². The first-order valence-electron chi connectivity index (χ1n) is 38.8. The molecule has 0 aliphatic carbocycles. The van der Waals surface area contributed by atoms with E-state index in [2.05, 4.69) is 43.5 Å². The third kappa shape index (κ3) is 71.0. The van der Waals surface area contributed by atoms with Gasteiger partial charge in [0.1, 0.15) is 0 Å². The Labute approximate surface area is 532 Å². The van der Waals surface area contributed by atoms with Crippen molar-refractivity contribution < 1.29 is 24.5 Å². The highest BCUT2D eigenvalue weighted by Crippen LogP contribution is 2.19. The SMILES string of the molecule is CCCCCCCC/C=C\CCCCCCCCCCCC(=O)OCCCCCCCCCCCCCC/C=C\CCCCCCCCCCCCC(=O)NC(CO)C(O)/C=C/CCCCCCCCCCCCCCCCCCCCCCC. The highest BCUT2D eigenvalue weighted by Gasteiger charge is 2.18. The molecule has 0 aromatic carbocycles. The molecule has 0 aromatic heterocycles. The molecule has 0 radical (unpaired) electrons. The Kier molecular flexibility index (Phi) is 72.9. The third-order valence-electron chi connectivity index (χ3n) is 18.1. The topological polar surface area (TPSA) is 95.9 Å². The summed E-state index contributed by atoms with van der Waals surface area (Å²) in [4.78, 5) is 24.7. The van der Waals surface area contributed by atoms with E-state index in [0.717, 1.165) is 44.9 Å². The van der Waals surface area contributed by atoms with Crippen LogP contribution in [0.2, 0.25) is 0 Å². The Morgan fingerprint density at radius 3 is 0.835 bits per heavy atom. The molecule has 0 fully saturated rings. The van der Waals surface area contributed by atoms with E-state index in [4.69, 9.17) is 4.74 Å². The summed E-state index contributed by atoms with van der Waals surface area (Å²) in [6, 6.07) is -0.631. The molecule has 0 saturated heterocycles. The van der Waals surface area contributed by atoms with Crippen molar-refractivity contribution in [3.8, 4) is 0 Å². The van der Waals surface area contributed by atoms with Crippen LogP contribution in [0.4, 0.5) is 0 Å². The molecule has 502 valence electrons. The largest absolute Gasteiger partial charge is 0.466 e. The number of allylic oxidation sites excluding steroid dienone is 5. The number of hydrogen-bond donors (Lipinski definition) is 3. The zero-order valence-electron chi connectivity index (χ0n) is 57.6. The van der Waals surface area contributed by atoms with Crippen LogP contribution in [0.5, 0.6) is 0 Å². The molecule has 85 heavy (non-hydrogen) atoms. The fourth-order valence-corrected chi connectivity index (χ4v) is 12.2. The van der Waals surface area contributed by atoms with Crippen molar-refractivity contribution in [3.05, 3.63) is 36.5 Å². The molecule has 0 aliphatic heterocycles. The summed E-state index contributed by atoms with van der Waals surface area (Å²) in [7, 11) is 0. The average Bonchev–Trinajstić information content (AvgIpc) is 3.51. The van der Waals surface area contributed by atoms with Gasteiger partial charge in [0.05, 0.1) is 25.4 Å². The lowest BCUT2D eigenvalue weighted by molar-refractivity contribution is -0.143. The van der Waals surface area contributed by atoms with Gasteiger partial charge in [0.2, 0.25) is 5.91 Å². The number of unbranched alkanes of at least 4 members (excludes halogenated alkanes) is 58. The molecule has 6 heteroatoms. The highest BCUT2D eigenvalue weighted by molar-refractivity contribution is 5.76. The molecule has 0 bridgehead atoms. The Bertz CT molecular complexity index is 1380. The van der Waals surface area contributed by atoms with Crippen molar-refractivity contribution in [2.24, 2.45) is 0 Å². The third-order valence-corrected chi connectivity index (χ3v) is 18.1. The zero-order valence-corrected chi connectivity index (χ0v) is 57.6. The molecule has 2 unspecified atom stereocenters. The van der Waals surface area contributed by atoms with Crippen LogP contribution in [0.15, 0.2) is 36.5 Å². The second kappa shape index (κ2) is 74.5. The van der Waals surface area contributed by atoms with Gasteiger partial charge in [0.25, 0.3) is 0 Å².